The van der Waals surface area contributed by atoms with Crippen LogP contribution in [-0.4, -0.2) is 19.1 Å². The van der Waals surface area contributed by atoms with E-state index in [2.05, 4.69) is 11.4 Å². The quantitative estimate of drug-likeness (QED) is 0.915. The van der Waals surface area contributed by atoms with Gasteiger partial charge in [-0.2, -0.15) is 0 Å². The number of rotatable bonds is 5. The number of benzene rings is 2. The Balaban J connectivity index is 2.02. The van der Waals surface area contributed by atoms with Gasteiger partial charge in [0.1, 0.15) is 11.5 Å². The maximum atomic E-state index is 12.2. The summed E-state index contributed by atoms with van der Waals surface area (Å²) in [4.78, 5) is 12.2. The van der Waals surface area contributed by atoms with Crippen molar-refractivity contribution in [1.82, 2.24) is 0 Å². The minimum Gasteiger partial charge on any atom is -0.497 e. The highest BCUT2D eigenvalue weighted by atomic mass is 16.5. The number of ether oxygens (including phenoxy) is 2. The molecule has 0 aliphatic carbocycles. The molecule has 1 amide bonds. The molecule has 0 bridgehead atoms. The van der Waals surface area contributed by atoms with E-state index in [1.807, 2.05) is 38.1 Å². The molecule has 2 rings (SSSR count). The van der Waals surface area contributed by atoms with E-state index < -0.39 is 6.10 Å². The van der Waals surface area contributed by atoms with E-state index in [9.17, 15) is 4.79 Å². The first kappa shape index (κ1) is 15.9. The van der Waals surface area contributed by atoms with E-state index in [-0.39, 0.29) is 5.91 Å². The summed E-state index contributed by atoms with van der Waals surface area (Å²) in [5, 5.41) is 2.88. The van der Waals surface area contributed by atoms with Crippen LogP contribution in [0.5, 0.6) is 11.5 Å². The molecule has 116 valence electrons. The van der Waals surface area contributed by atoms with Gasteiger partial charge in [0.2, 0.25) is 0 Å². The number of anilines is 1. The van der Waals surface area contributed by atoms with Crippen molar-refractivity contribution in [2.24, 2.45) is 0 Å². The Kier molecular flexibility index (Phi) is 5.04. The summed E-state index contributed by atoms with van der Waals surface area (Å²) >= 11 is 0. The monoisotopic (exact) mass is 299 g/mol. The molecule has 0 aliphatic heterocycles. The number of nitrogens with one attached hydrogen (secondary N) is 1. The Morgan fingerprint density at radius 2 is 1.68 bits per heavy atom. The SMILES string of the molecule is COc1cccc(OC(C)C(=O)Nc2cc(C)cc(C)c2)c1. The zero-order valence-electron chi connectivity index (χ0n) is 13.3. The van der Waals surface area contributed by atoms with Gasteiger partial charge in [0.05, 0.1) is 7.11 Å². The van der Waals surface area contributed by atoms with Crippen LogP contribution >= 0.6 is 0 Å². The molecular formula is C18H21NO3. The van der Waals surface area contributed by atoms with Gasteiger partial charge in [0.15, 0.2) is 6.10 Å². The maximum absolute atomic E-state index is 12.2. The fourth-order valence-corrected chi connectivity index (χ4v) is 2.22. The molecule has 0 heterocycles. The number of hydrogen-bond acceptors (Lipinski definition) is 3. The van der Waals surface area contributed by atoms with Crippen molar-refractivity contribution >= 4 is 11.6 Å². The van der Waals surface area contributed by atoms with E-state index in [0.717, 1.165) is 16.8 Å². The third-order valence-corrected chi connectivity index (χ3v) is 3.21. The molecule has 4 nitrogen and oxygen atoms in total. The largest absolute Gasteiger partial charge is 0.497 e. The van der Waals surface area contributed by atoms with Crippen molar-refractivity contribution < 1.29 is 14.3 Å². The highest BCUT2D eigenvalue weighted by Crippen LogP contribution is 2.20. The van der Waals surface area contributed by atoms with Gasteiger partial charge >= 0.3 is 0 Å². The molecule has 4 heteroatoms. The van der Waals surface area contributed by atoms with E-state index in [4.69, 9.17) is 9.47 Å². The Bertz CT molecular complexity index is 647. The molecule has 2 aromatic rings. The number of methoxy groups -OCH3 is 1. The van der Waals surface area contributed by atoms with Crippen molar-refractivity contribution in [3.8, 4) is 11.5 Å². The summed E-state index contributed by atoms with van der Waals surface area (Å²) in [5.41, 5.74) is 3.00. The molecule has 1 unspecified atom stereocenters. The second kappa shape index (κ2) is 6.98. The van der Waals surface area contributed by atoms with E-state index in [1.54, 1.807) is 26.2 Å². The Morgan fingerprint density at radius 1 is 1.05 bits per heavy atom. The minimum absolute atomic E-state index is 0.187. The zero-order valence-corrected chi connectivity index (χ0v) is 13.3. The van der Waals surface area contributed by atoms with Gasteiger partial charge in [-0.25, -0.2) is 0 Å². The predicted octanol–water partition coefficient (Wildman–Crippen LogP) is 3.72. The second-order valence-corrected chi connectivity index (χ2v) is 5.30. The van der Waals surface area contributed by atoms with E-state index in [1.165, 1.54) is 0 Å². The fourth-order valence-electron chi connectivity index (χ4n) is 2.22. The summed E-state index contributed by atoms with van der Waals surface area (Å²) in [6.07, 6.45) is -0.604. The van der Waals surface area contributed by atoms with Crippen LogP contribution in [0, 0.1) is 13.8 Å². The third-order valence-electron chi connectivity index (χ3n) is 3.21. The average molecular weight is 299 g/mol. The van der Waals surface area contributed by atoms with Crippen LogP contribution in [0.3, 0.4) is 0 Å². The molecule has 2 aromatic carbocycles. The summed E-state index contributed by atoms with van der Waals surface area (Å²) in [7, 11) is 1.59. The lowest BCUT2D eigenvalue weighted by Crippen LogP contribution is -2.30. The van der Waals surface area contributed by atoms with Crippen molar-refractivity contribution in [2.45, 2.75) is 26.9 Å². The molecule has 0 saturated heterocycles. The van der Waals surface area contributed by atoms with Crippen LogP contribution < -0.4 is 14.8 Å². The summed E-state index contributed by atoms with van der Waals surface area (Å²) < 4.78 is 10.8. The first-order valence-electron chi connectivity index (χ1n) is 7.18. The lowest BCUT2D eigenvalue weighted by atomic mass is 10.1. The van der Waals surface area contributed by atoms with Crippen LogP contribution in [0.4, 0.5) is 5.69 Å². The molecule has 0 saturated carbocycles. The molecule has 22 heavy (non-hydrogen) atoms. The molecule has 1 atom stereocenters. The van der Waals surface area contributed by atoms with Crippen molar-refractivity contribution in [3.05, 3.63) is 53.6 Å². The van der Waals surface area contributed by atoms with E-state index in [0.29, 0.717) is 11.5 Å². The van der Waals surface area contributed by atoms with E-state index >= 15 is 0 Å². The zero-order chi connectivity index (χ0) is 16.1. The number of hydrogen-bond donors (Lipinski definition) is 1. The molecular weight excluding hydrogens is 278 g/mol. The first-order chi connectivity index (χ1) is 10.5. The number of aryl methyl sites for hydroxylation is 2. The highest BCUT2D eigenvalue weighted by Gasteiger charge is 2.15. The van der Waals surface area contributed by atoms with Gasteiger partial charge in [0.25, 0.3) is 5.91 Å². The van der Waals surface area contributed by atoms with Crippen LogP contribution in [0.2, 0.25) is 0 Å². The molecule has 0 radical (unpaired) electrons. The summed E-state index contributed by atoms with van der Waals surface area (Å²) in [6, 6.07) is 13.1. The number of amides is 1. The second-order valence-electron chi connectivity index (χ2n) is 5.30. The number of carbonyl (C=O) groups excluding carboxylic acids is 1. The van der Waals surface area contributed by atoms with Crippen LogP contribution in [-0.2, 0) is 4.79 Å². The minimum atomic E-state index is -0.604. The Hall–Kier alpha value is -2.49. The smallest absolute Gasteiger partial charge is 0.265 e. The van der Waals surface area contributed by atoms with Crippen LogP contribution in [0.25, 0.3) is 0 Å². The Morgan fingerprint density at radius 3 is 2.32 bits per heavy atom. The lowest BCUT2D eigenvalue weighted by molar-refractivity contribution is -0.122. The van der Waals surface area contributed by atoms with Gasteiger partial charge in [-0.15, -0.1) is 0 Å². The third kappa shape index (κ3) is 4.25. The molecule has 0 aromatic heterocycles. The topological polar surface area (TPSA) is 47.6 Å². The molecule has 1 N–H and O–H groups in total. The van der Waals surface area contributed by atoms with Crippen molar-refractivity contribution in [1.29, 1.82) is 0 Å². The van der Waals surface area contributed by atoms with Crippen molar-refractivity contribution in [3.63, 3.8) is 0 Å². The van der Waals surface area contributed by atoms with Gasteiger partial charge in [-0.05, 0) is 56.2 Å². The fraction of sp³-hybridized carbons (Fsp3) is 0.278. The highest BCUT2D eigenvalue weighted by molar-refractivity contribution is 5.94. The Labute approximate surface area is 131 Å². The number of carbonyl (C=O) groups is 1. The summed E-state index contributed by atoms with van der Waals surface area (Å²) in [5.74, 6) is 1.11. The van der Waals surface area contributed by atoms with Gasteiger partial charge in [0, 0.05) is 11.8 Å². The molecule has 0 fully saturated rings. The van der Waals surface area contributed by atoms with Gasteiger partial charge in [-0.3, -0.25) is 4.79 Å². The first-order valence-corrected chi connectivity index (χ1v) is 7.18. The molecule has 0 aliphatic rings. The maximum Gasteiger partial charge on any atom is 0.265 e. The normalized spacial score (nSPS) is 11.6. The average Bonchev–Trinajstić information content (AvgIpc) is 2.46. The van der Waals surface area contributed by atoms with Crippen LogP contribution in [0.1, 0.15) is 18.1 Å². The summed E-state index contributed by atoms with van der Waals surface area (Å²) in [6.45, 7) is 5.72. The van der Waals surface area contributed by atoms with Crippen molar-refractivity contribution in [2.75, 3.05) is 12.4 Å². The van der Waals surface area contributed by atoms with Crippen LogP contribution in [0.15, 0.2) is 42.5 Å². The molecule has 0 spiro atoms. The standard InChI is InChI=1S/C18H21NO3/c1-12-8-13(2)10-15(9-12)19-18(20)14(3)22-17-7-5-6-16(11-17)21-4/h5-11,14H,1-4H3,(H,19,20). The predicted molar refractivity (Wildman–Crippen MR) is 87.6 cm³/mol. The van der Waals surface area contributed by atoms with Gasteiger partial charge < -0.3 is 14.8 Å². The van der Waals surface area contributed by atoms with Gasteiger partial charge in [-0.1, -0.05) is 12.1 Å². The lowest BCUT2D eigenvalue weighted by Gasteiger charge is -2.15.